The van der Waals surface area contributed by atoms with E-state index < -0.39 is 18.0 Å². The molecular weight excluding hydrogens is 372 g/mol. The number of urea groups is 1. The van der Waals surface area contributed by atoms with Crippen molar-refractivity contribution in [1.29, 1.82) is 0 Å². The lowest BCUT2D eigenvalue weighted by molar-refractivity contribution is -0.139. The van der Waals surface area contributed by atoms with Crippen molar-refractivity contribution in [1.82, 2.24) is 20.9 Å². The first-order valence-corrected chi connectivity index (χ1v) is 10.1. The average Bonchev–Trinajstić information content (AvgIpc) is 2.93. The number of fused-ring (bicyclic) bond motifs is 1. The topological polar surface area (TPSA) is 123 Å². The first-order chi connectivity index (χ1) is 14.0. The number of carboxylic acid groups (broad SMARTS) is 1. The normalized spacial score (nSPS) is 16.0. The Morgan fingerprint density at radius 2 is 1.83 bits per heavy atom. The van der Waals surface area contributed by atoms with Gasteiger partial charge >= 0.3 is 12.0 Å². The number of amides is 3. The van der Waals surface area contributed by atoms with Crippen LogP contribution in [0.25, 0.3) is 10.9 Å². The van der Waals surface area contributed by atoms with E-state index in [4.69, 9.17) is 0 Å². The van der Waals surface area contributed by atoms with Gasteiger partial charge in [-0.2, -0.15) is 0 Å². The fourth-order valence-corrected chi connectivity index (χ4v) is 3.79. The summed E-state index contributed by atoms with van der Waals surface area (Å²) in [4.78, 5) is 38.9. The van der Waals surface area contributed by atoms with Gasteiger partial charge in [-0.3, -0.25) is 4.79 Å². The van der Waals surface area contributed by atoms with Crippen molar-refractivity contribution in [3.05, 3.63) is 36.0 Å². The standard InChI is InChI=1S/C21H28N4O4/c26-19(24-15-7-3-1-2-4-8-15)13-23-21(29)25-18(20(27)28)11-14-12-22-17-10-6-5-9-16(14)17/h5-6,9-10,12,15,18,22H,1-4,7-8,11,13H2,(H,24,26)(H,27,28)(H2,23,25,29). The van der Waals surface area contributed by atoms with E-state index in [1.807, 2.05) is 24.3 Å². The number of hydrogen-bond acceptors (Lipinski definition) is 3. The van der Waals surface area contributed by atoms with Crippen LogP contribution in [-0.4, -0.2) is 46.6 Å². The van der Waals surface area contributed by atoms with E-state index in [9.17, 15) is 19.5 Å². The van der Waals surface area contributed by atoms with Gasteiger partial charge in [-0.05, 0) is 24.5 Å². The van der Waals surface area contributed by atoms with Crippen LogP contribution in [0.4, 0.5) is 4.79 Å². The molecule has 29 heavy (non-hydrogen) atoms. The van der Waals surface area contributed by atoms with Crippen LogP contribution in [0.5, 0.6) is 0 Å². The van der Waals surface area contributed by atoms with Gasteiger partial charge < -0.3 is 26.0 Å². The summed E-state index contributed by atoms with van der Waals surface area (Å²) in [6.45, 7) is -0.179. The Kier molecular flexibility index (Phi) is 7.10. The Balaban J connectivity index is 1.49. The van der Waals surface area contributed by atoms with Crippen molar-refractivity contribution in [2.75, 3.05) is 6.54 Å². The maximum atomic E-state index is 12.1. The van der Waals surface area contributed by atoms with E-state index in [2.05, 4.69) is 20.9 Å². The van der Waals surface area contributed by atoms with Crippen LogP contribution in [0.3, 0.4) is 0 Å². The summed E-state index contributed by atoms with van der Waals surface area (Å²) in [5.74, 6) is -1.39. The molecule has 1 atom stereocenters. The van der Waals surface area contributed by atoms with Crippen LogP contribution >= 0.6 is 0 Å². The number of aliphatic carboxylic acids is 1. The van der Waals surface area contributed by atoms with Crippen molar-refractivity contribution >= 4 is 28.8 Å². The summed E-state index contributed by atoms with van der Waals surface area (Å²) < 4.78 is 0. The molecule has 1 aromatic heterocycles. The number of carbonyl (C=O) groups excluding carboxylic acids is 2. The zero-order valence-electron chi connectivity index (χ0n) is 16.4. The highest BCUT2D eigenvalue weighted by molar-refractivity contribution is 5.88. The van der Waals surface area contributed by atoms with Gasteiger partial charge in [0.2, 0.25) is 5.91 Å². The van der Waals surface area contributed by atoms with Gasteiger partial charge in [0.1, 0.15) is 6.04 Å². The molecule has 5 N–H and O–H groups in total. The predicted molar refractivity (Wildman–Crippen MR) is 110 cm³/mol. The van der Waals surface area contributed by atoms with Crippen LogP contribution in [0.2, 0.25) is 0 Å². The van der Waals surface area contributed by atoms with Gasteiger partial charge in [0.15, 0.2) is 0 Å². The first-order valence-electron chi connectivity index (χ1n) is 10.1. The Morgan fingerprint density at radius 1 is 1.10 bits per heavy atom. The molecule has 8 nitrogen and oxygen atoms in total. The Bertz CT molecular complexity index is 855. The molecule has 2 aromatic rings. The molecule has 3 amide bonds. The summed E-state index contributed by atoms with van der Waals surface area (Å²) in [5, 5.41) is 18.2. The molecule has 1 heterocycles. The van der Waals surface area contributed by atoms with Crippen molar-refractivity contribution in [2.24, 2.45) is 0 Å². The number of aromatic nitrogens is 1. The molecule has 0 spiro atoms. The molecule has 1 aliphatic rings. The summed E-state index contributed by atoms with van der Waals surface area (Å²) >= 11 is 0. The van der Waals surface area contributed by atoms with Gasteiger partial charge in [0.25, 0.3) is 0 Å². The summed E-state index contributed by atoms with van der Waals surface area (Å²) in [6, 6.07) is 5.96. The minimum absolute atomic E-state index is 0.140. The second-order valence-electron chi connectivity index (χ2n) is 7.54. The summed E-state index contributed by atoms with van der Waals surface area (Å²) in [5.41, 5.74) is 1.71. The number of benzene rings is 1. The fraction of sp³-hybridized carbons (Fsp3) is 0.476. The lowest BCUT2D eigenvalue weighted by atomic mass is 10.1. The van der Waals surface area contributed by atoms with E-state index in [1.165, 1.54) is 12.8 Å². The Labute approximate surface area is 169 Å². The highest BCUT2D eigenvalue weighted by Gasteiger charge is 2.22. The summed E-state index contributed by atoms with van der Waals surface area (Å²) in [6.07, 6.45) is 8.41. The number of para-hydroxylation sites is 1. The van der Waals surface area contributed by atoms with Gasteiger partial charge in [0, 0.05) is 29.6 Å². The molecule has 0 bridgehead atoms. The van der Waals surface area contributed by atoms with E-state index in [0.717, 1.165) is 42.1 Å². The third-order valence-electron chi connectivity index (χ3n) is 5.33. The number of hydrogen-bond donors (Lipinski definition) is 5. The molecule has 0 aliphatic heterocycles. The van der Waals surface area contributed by atoms with E-state index in [-0.39, 0.29) is 24.9 Å². The predicted octanol–water partition coefficient (Wildman–Crippen LogP) is 2.30. The zero-order valence-corrected chi connectivity index (χ0v) is 16.4. The summed E-state index contributed by atoms with van der Waals surface area (Å²) in [7, 11) is 0. The molecule has 1 aromatic carbocycles. The van der Waals surface area contributed by atoms with E-state index in [1.54, 1.807) is 6.20 Å². The van der Waals surface area contributed by atoms with Crippen LogP contribution in [0.15, 0.2) is 30.5 Å². The molecule has 0 radical (unpaired) electrons. The number of rotatable bonds is 7. The SMILES string of the molecule is O=C(CNC(=O)NC(Cc1c[nH]c2ccccc12)C(=O)O)NC1CCCCCC1. The van der Waals surface area contributed by atoms with Crippen LogP contribution in [0.1, 0.15) is 44.1 Å². The van der Waals surface area contributed by atoms with E-state index >= 15 is 0 Å². The van der Waals surface area contributed by atoms with Crippen molar-refractivity contribution in [2.45, 2.75) is 57.0 Å². The van der Waals surface area contributed by atoms with Gasteiger partial charge in [-0.25, -0.2) is 9.59 Å². The molecular formula is C21H28N4O4. The number of nitrogens with one attached hydrogen (secondary N) is 4. The minimum Gasteiger partial charge on any atom is -0.480 e. The maximum absolute atomic E-state index is 12.1. The van der Waals surface area contributed by atoms with Gasteiger partial charge in [-0.1, -0.05) is 43.9 Å². The molecule has 0 saturated heterocycles. The average molecular weight is 400 g/mol. The number of carbonyl (C=O) groups is 3. The minimum atomic E-state index is -1.13. The van der Waals surface area contributed by atoms with Crippen molar-refractivity contribution < 1.29 is 19.5 Å². The molecule has 3 rings (SSSR count). The van der Waals surface area contributed by atoms with Crippen molar-refractivity contribution in [3.63, 3.8) is 0 Å². The molecule has 8 heteroatoms. The third-order valence-corrected chi connectivity index (χ3v) is 5.33. The number of H-pyrrole nitrogens is 1. The van der Waals surface area contributed by atoms with Crippen LogP contribution in [-0.2, 0) is 16.0 Å². The highest BCUT2D eigenvalue weighted by atomic mass is 16.4. The van der Waals surface area contributed by atoms with Crippen molar-refractivity contribution in [3.8, 4) is 0 Å². The van der Waals surface area contributed by atoms with Crippen LogP contribution < -0.4 is 16.0 Å². The quantitative estimate of drug-likeness (QED) is 0.458. The Morgan fingerprint density at radius 3 is 2.55 bits per heavy atom. The number of carboxylic acids is 1. The number of aromatic amines is 1. The molecule has 1 aliphatic carbocycles. The smallest absolute Gasteiger partial charge is 0.326 e. The molecule has 1 fully saturated rings. The lowest BCUT2D eigenvalue weighted by Crippen LogP contribution is -2.50. The second-order valence-corrected chi connectivity index (χ2v) is 7.54. The second kappa shape index (κ2) is 9.95. The van der Waals surface area contributed by atoms with Gasteiger partial charge in [0.05, 0.1) is 6.54 Å². The van der Waals surface area contributed by atoms with Gasteiger partial charge in [-0.15, -0.1) is 0 Å². The fourth-order valence-electron chi connectivity index (χ4n) is 3.79. The maximum Gasteiger partial charge on any atom is 0.326 e. The Hall–Kier alpha value is -3.03. The van der Waals surface area contributed by atoms with Crippen LogP contribution in [0, 0.1) is 0 Å². The zero-order chi connectivity index (χ0) is 20.6. The monoisotopic (exact) mass is 400 g/mol. The molecule has 1 saturated carbocycles. The molecule has 156 valence electrons. The lowest BCUT2D eigenvalue weighted by Gasteiger charge is -2.17. The third kappa shape index (κ3) is 5.97. The molecule has 1 unspecified atom stereocenters. The van der Waals surface area contributed by atoms with E-state index in [0.29, 0.717) is 0 Å². The largest absolute Gasteiger partial charge is 0.480 e. The first kappa shape index (κ1) is 20.7. The highest BCUT2D eigenvalue weighted by Crippen LogP contribution is 2.19.